The van der Waals surface area contributed by atoms with Gasteiger partial charge in [-0.25, -0.2) is 4.79 Å². The van der Waals surface area contributed by atoms with Crippen molar-refractivity contribution in [1.29, 1.82) is 0 Å². The topological polar surface area (TPSA) is 73.7 Å². The van der Waals surface area contributed by atoms with Crippen molar-refractivity contribution in [1.82, 2.24) is 14.8 Å². The molecule has 0 saturated heterocycles. The first-order valence-corrected chi connectivity index (χ1v) is 6.85. The molecule has 0 aromatic carbocycles. The zero-order chi connectivity index (χ0) is 16.0. The van der Waals surface area contributed by atoms with Crippen molar-refractivity contribution >= 4 is 12.0 Å². The fraction of sp³-hybridized carbons (Fsp3) is 0.533. The largest absolute Gasteiger partial charge is 0.481 e. The van der Waals surface area contributed by atoms with Gasteiger partial charge in [0.1, 0.15) is 0 Å². The number of carbonyl (C=O) groups is 2. The average Bonchev–Trinajstić information content (AvgIpc) is 2.37. The summed E-state index contributed by atoms with van der Waals surface area (Å²) >= 11 is 0. The lowest BCUT2D eigenvalue weighted by Crippen LogP contribution is -2.51. The van der Waals surface area contributed by atoms with Crippen molar-refractivity contribution in [2.45, 2.75) is 39.3 Å². The molecule has 21 heavy (non-hydrogen) atoms. The number of rotatable bonds is 5. The quantitative estimate of drug-likeness (QED) is 0.903. The van der Waals surface area contributed by atoms with Crippen molar-refractivity contribution in [2.75, 3.05) is 13.6 Å². The van der Waals surface area contributed by atoms with Gasteiger partial charge in [-0.2, -0.15) is 0 Å². The Labute approximate surface area is 125 Å². The lowest BCUT2D eigenvalue weighted by molar-refractivity contribution is -0.137. The maximum Gasteiger partial charge on any atom is 0.320 e. The number of aromatic nitrogens is 1. The van der Waals surface area contributed by atoms with Gasteiger partial charge >= 0.3 is 12.0 Å². The Hall–Kier alpha value is -2.11. The molecule has 1 aromatic rings. The van der Waals surface area contributed by atoms with Crippen LogP contribution in [0.15, 0.2) is 24.5 Å². The summed E-state index contributed by atoms with van der Waals surface area (Å²) in [5.74, 6) is -0.908. The zero-order valence-corrected chi connectivity index (χ0v) is 13.0. The molecule has 1 N–H and O–H groups in total. The van der Waals surface area contributed by atoms with Gasteiger partial charge in [0.05, 0.1) is 6.42 Å². The molecule has 0 bridgehead atoms. The maximum absolute atomic E-state index is 12.6. The van der Waals surface area contributed by atoms with Crippen LogP contribution in [0.4, 0.5) is 4.79 Å². The van der Waals surface area contributed by atoms with E-state index in [0.717, 1.165) is 5.56 Å². The summed E-state index contributed by atoms with van der Waals surface area (Å²) in [5, 5.41) is 8.83. The standard InChI is InChI=1S/C15H23N3O3/c1-15(2,3)18(10-7-13(19)20)14(21)17(4)11-12-5-8-16-9-6-12/h5-6,8-9H,7,10-11H2,1-4H3,(H,19,20). The molecule has 1 rings (SSSR count). The highest BCUT2D eigenvalue weighted by molar-refractivity contribution is 5.76. The second-order valence-electron chi connectivity index (χ2n) is 5.96. The van der Waals surface area contributed by atoms with E-state index >= 15 is 0 Å². The highest BCUT2D eigenvalue weighted by Gasteiger charge is 2.29. The van der Waals surface area contributed by atoms with E-state index in [2.05, 4.69) is 4.98 Å². The van der Waals surface area contributed by atoms with Crippen LogP contribution in [0, 0.1) is 0 Å². The summed E-state index contributed by atoms with van der Waals surface area (Å²) in [6.45, 7) is 6.34. The Morgan fingerprint density at radius 3 is 2.29 bits per heavy atom. The van der Waals surface area contributed by atoms with Gasteiger partial charge in [0.25, 0.3) is 0 Å². The Kier molecular flexibility index (Phi) is 5.69. The van der Waals surface area contributed by atoms with E-state index in [9.17, 15) is 9.59 Å². The molecule has 1 aromatic heterocycles. The summed E-state index contributed by atoms with van der Waals surface area (Å²) in [4.78, 5) is 30.4. The van der Waals surface area contributed by atoms with Crippen molar-refractivity contribution in [3.8, 4) is 0 Å². The van der Waals surface area contributed by atoms with Crippen LogP contribution in [0.5, 0.6) is 0 Å². The number of aliphatic carboxylic acids is 1. The molecule has 0 aliphatic carbocycles. The number of carboxylic acids is 1. The average molecular weight is 293 g/mol. The van der Waals surface area contributed by atoms with Gasteiger partial charge in [0, 0.05) is 38.1 Å². The number of amides is 2. The van der Waals surface area contributed by atoms with E-state index in [4.69, 9.17) is 5.11 Å². The predicted molar refractivity (Wildman–Crippen MR) is 79.8 cm³/mol. The van der Waals surface area contributed by atoms with Gasteiger partial charge in [-0.15, -0.1) is 0 Å². The fourth-order valence-electron chi connectivity index (χ4n) is 1.96. The van der Waals surface area contributed by atoms with Gasteiger partial charge in [-0.1, -0.05) is 0 Å². The molecule has 116 valence electrons. The summed E-state index contributed by atoms with van der Waals surface area (Å²) in [6.07, 6.45) is 3.30. The van der Waals surface area contributed by atoms with Crippen molar-refractivity contribution in [3.05, 3.63) is 30.1 Å². The molecular weight excluding hydrogens is 270 g/mol. The van der Waals surface area contributed by atoms with E-state index in [1.807, 2.05) is 32.9 Å². The first kappa shape index (κ1) is 16.9. The molecule has 0 spiro atoms. The minimum atomic E-state index is -0.908. The fourth-order valence-corrected chi connectivity index (χ4v) is 1.96. The molecule has 0 radical (unpaired) electrons. The molecular formula is C15H23N3O3. The van der Waals surface area contributed by atoms with Crippen LogP contribution in [0.3, 0.4) is 0 Å². The second-order valence-corrected chi connectivity index (χ2v) is 5.96. The lowest BCUT2D eigenvalue weighted by Gasteiger charge is -2.38. The molecule has 0 atom stereocenters. The van der Waals surface area contributed by atoms with Gasteiger partial charge in [0.15, 0.2) is 0 Å². The minimum absolute atomic E-state index is 0.0634. The number of carbonyl (C=O) groups excluding carboxylic acids is 1. The molecule has 6 nitrogen and oxygen atoms in total. The maximum atomic E-state index is 12.6. The van der Waals surface area contributed by atoms with Crippen LogP contribution >= 0.6 is 0 Å². The number of carboxylic acid groups (broad SMARTS) is 1. The number of hydrogen-bond acceptors (Lipinski definition) is 3. The number of pyridine rings is 1. The first-order valence-electron chi connectivity index (χ1n) is 6.85. The number of urea groups is 1. The van der Waals surface area contributed by atoms with Crippen LogP contribution in [0.2, 0.25) is 0 Å². The summed E-state index contributed by atoms with van der Waals surface area (Å²) in [6, 6.07) is 3.52. The Balaban J connectivity index is 2.77. The van der Waals surface area contributed by atoms with E-state index in [-0.39, 0.29) is 19.0 Å². The van der Waals surface area contributed by atoms with Gasteiger partial charge in [-0.05, 0) is 38.5 Å². The first-order chi connectivity index (χ1) is 9.71. The normalized spacial score (nSPS) is 11.0. The van der Waals surface area contributed by atoms with E-state index in [0.29, 0.717) is 6.54 Å². The van der Waals surface area contributed by atoms with Gasteiger partial charge in [-0.3, -0.25) is 9.78 Å². The van der Waals surface area contributed by atoms with Crippen LogP contribution in [0.25, 0.3) is 0 Å². The van der Waals surface area contributed by atoms with Gasteiger partial charge < -0.3 is 14.9 Å². The van der Waals surface area contributed by atoms with E-state index in [1.165, 1.54) is 0 Å². The third-order valence-corrected chi connectivity index (χ3v) is 3.09. The highest BCUT2D eigenvalue weighted by atomic mass is 16.4. The third-order valence-electron chi connectivity index (χ3n) is 3.09. The lowest BCUT2D eigenvalue weighted by atomic mass is 10.1. The predicted octanol–water partition coefficient (Wildman–Crippen LogP) is 2.21. The molecule has 0 aliphatic heterocycles. The van der Waals surface area contributed by atoms with E-state index < -0.39 is 11.5 Å². The molecule has 0 fully saturated rings. The number of nitrogens with zero attached hydrogens (tertiary/aromatic N) is 3. The molecule has 2 amide bonds. The summed E-state index contributed by atoms with van der Waals surface area (Å²) in [7, 11) is 1.71. The Morgan fingerprint density at radius 1 is 1.24 bits per heavy atom. The van der Waals surface area contributed by atoms with Crippen molar-refractivity contribution < 1.29 is 14.7 Å². The van der Waals surface area contributed by atoms with Crippen LogP contribution < -0.4 is 0 Å². The smallest absolute Gasteiger partial charge is 0.320 e. The highest BCUT2D eigenvalue weighted by Crippen LogP contribution is 2.17. The molecule has 0 aliphatic rings. The van der Waals surface area contributed by atoms with Crippen molar-refractivity contribution in [2.24, 2.45) is 0 Å². The molecule has 1 heterocycles. The molecule has 6 heteroatoms. The third kappa shape index (κ3) is 5.41. The Morgan fingerprint density at radius 2 is 1.81 bits per heavy atom. The van der Waals surface area contributed by atoms with Crippen molar-refractivity contribution in [3.63, 3.8) is 0 Å². The monoisotopic (exact) mass is 293 g/mol. The minimum Gasteiger partial charge on any atom is -0.481 e. The second kappa shape index (κ2) is 7.06. The van der Waals surface area contributed by atoms with Crippen LogP contribution in [-0.4, -0.2) is 51.0 Å². The SMILES string of the molecule is CN(Cc1ccncc1)C(=O)N(CCC(=O)O)C(C)(C)C. The van der Waals surface area contributed by atoms with E-state index in [1.54, 1.807) is 29.2 Å². The molecule has 0 unspecified atom stereocenters. The van der Waals surface area contributed by atoms with Crippen LogP contribution in [0.1, 0.15) is 32.8 Å². The zero-order valence-electron chi connectivity index (χ0n) is 13.0. The number of hydrogen-bond donors (Lipinski definition) is 1. The summed E-state index contributed by atoms with van der Waals surface area (Å²) in [5.41, 5.74) is 0.548. The van der Waals surface area contributed by atoms with Crippen LogP contribution in [-0.2, 0) is 11.3 Å². The molecule has 0 saturated carbocycles. The summed E-state index contributed by atoms with van der Waals surface area (Å²) < 4.78 is 0. The Bertz CT molecular complexity index is 483. The van der Waals surface area contributed by atoms with Gasteiger partial charge in [0.2, 0.25) is 0 Å².